The van der Waals surface area contributed by atoms with E-state index in [0.717, 1.165) is 12.3 Å². The maximum Gasteiger partial charge on any atom is 0.147 e. The third kappa shape index (κ3) is 3.94. The van der Waals surface area contributed by atoms with Gasteiger partial charge in [-0.1, -0.05) is 34.6 Å². The molecule has 1 rings (SSSR count). The Morgan fingerprint density at radius 1 is 1.13 bits per heavy atom. The Bertz CT molecular complexity index is 298. The van der Waals surface area contributed by atoms with E-state index in [1.165, 1.54) is 0 Å². The number of hydrogen-bond acceptors (Lipinski definition) is 1. The summed E-state index contributed by atoms with van der Waals surface area (Å²) in [7, 11) is 0. The summed E-state index contributed by atoms with van der Waals surface area (Å²) in [5.74, 6) is -0.869. The first kappa shape index (κ1) is 14.0. The molecular weight excluding hydrogens is 196 g/mol. The SMILES string of the molecule is CC.CC(C)C(C)c1ncc(F)cc1F. The third-order valence-electron chi connectivity index (χ3n) is 2.27. The van der Waals surface area contributed by atoms with Crippen molar-refractivity contribution < 1.29 is 8.78 Å². The van der Waals surface area contributed by atoms with Crippen LogP contribution >= 0.6 is 0 Å². The van der Waals surface area contributed by atoms with E-state index in [0.29, 0.717) is 11.6 Å². The monoisotopic (exact) mass is 215 g/mol. The lowest BCUT2D eigenvalue weighted by atomic mass is 9.94. The van der Waals surface area contributed by atoms with Gasteiger partial charge in [0.05, 0.1) is 11.9 Å². The second kappa shape index (κ2) is 6.49. The summed E-state index contributed by atoms with van der Waals surface area (Å²) in [6.07, 6.45) is 1.05. The van der Waals surface area contributed by atoms with Crippen molar-refractivity contribution >= 4 is 0 Å². The van der Waals surface area contributed by atoms with Crippen LogP contribution in [0.2, 0.25) is 0 Å². The second-order valence-corrected chi connectivity index (χ2v) is 3.55. The topological polar surface area (TPSA) is 12.9 Å². The van der Waals surface area contributed by atoms with Crippen LogP contribution in [0.25, 0.3) is 0 Å². The minimum atomic E-state index is -0.628. The molecule has 1 heterocycles. The first-order chi connectivity index (χ1) is 7.02. The van der Waals surface area contributed by atoms with Gasteiger partial charge in [0.1, 0.15) is 11.6 Å². The molecular formula is C12H19F2N. The van der Waals surface area contributed by atoms with Gasteiger partial charge in [-0.15, -0.1) is 0 Å². The fraction of sp³-hybridized carbons (Fsp3) is 0.583. The molecule has 1 unspecified atom stereocenters. The molecule has 86 valence electrons. The van der Waals surface area contributed by atoms with Crippen LogP contribution in [0, 0.1) is 17.6 Å². The van der Waals surface area contributed by atoms with E-state index in [1.807, 2.05) is 34.6 Å². The van der Waals surface area contributed by atoms with Crippen molar-refractivity contribution in [1.29, 1.82) is 0 Å². The summed E-state index contributed by atoms with van der Waals surface area (Å²) >= 11 is 0. The smallest absolute Gasteiger partial charge is 0.147 e. The molecule has 0 N–H and O–H groups in total. The standard InChI is InChI=1S/C10H13F2N.C2H6/c1-6(2)7(3)10-9(12)4-8(11)5-13-10;1-2/h4-7H,1-3H3;1-2H3. The average molecular weight is 215 g/mol. The van der Waals surface area contributed by atoms with Crippen molar-refractivity contribution in [2.75, 3.05) is 0 Å². The van der Waals surface area contributed by atoms with Gasteiger partial charge in [-0.25, -0.2) is 8.78 Å². The van der Waals surface area contributed by atoms with E-state index in [4.69, 9.17) is 0 Å². The summed E-state index contributed by atoms with van der Waals surface area (Å²) in [5, 5.41) is 0. The number of hydrogen-bond donors (Lipinski definition) is 0. The lowest BCUT2D eigenvalue weighted by Gasteiger charge is -2.14. The average Bonchev–Trinajstić information content (AvgIpc) is 2.20. The van der Waals surface area contributed by atoms with Crippen molar-refractivity contribution in [2.45, 2.75) is 40.5 Å². The van der Waals surface area contributed by atoms with E-state index in [-0.39, 0.29) is 5.92 Å². The van der Waals surface area contributed by atoms with Crippen LogP contribution in [-0.4, -0.2) is 4.98 Å². The van der Waals surface area contributed by atoms with Crippen molar-refractivity contribution in [3.8, 4) is 0 Å². The Hall–Kier alpha value is -0.990. The molecule has 0 aliphatic heterocycles. The molecule has 0 spiro atoms. The van der Waals surface area contributed by atoms with Gasteiger partial charge in [-0.2, -0.15) is 0 Å². The molecule has 1 aromatic rings. The van der Waals surface area contributed by atoms with Gasteiger partial charge in [0, 0.05) is 12.0 Å². The molecule has 0 bridgehead atoms. The molecule has 15 heavy (non-hydrogen) atoms. The Kier molecular flexibility index (Phi) is 6.06. The van der Waals surface area contributed by atoms with Crippen molar-refractivity contribution in [3.63, 3.8) is 0 Å². The predicted octanol–water partition coefficient (Wildman–Crippen LogP) is 4.15. The van der Waals surface area contributed by atoms with Gasteiger partial charge >= 0.3 is 0 Å². The lowest BCUT2D eigenvalue weighted by Crippen LogP contribution is -2.07. The molecule has 1 atom stereocenters. The molecule has 0 saturated heterocycles. The maximum absolute atomic E-state index is 13.2. The summed E-state index contributed by atoms with van der Waals surface area (Å²) in [5.41, 5.74) is 0.344. The zero-order valence-corrected chi connectivity index (χ0v) is 10.0. The van der Waals surface area contributed by atoms with Gasteiger partial charge < -0.3 is 0 Å². The van der Waals surface area contributed by atoms with Crippen LogP contribution in [0.4, 0.5) is 8.78 Å². The molecule has 0 aromatic carbocycles. The van der Waals surface area contributed by atoms with E-state index in [2.05, 4.69) is 4.98 Å². The van der Waals surface area contributed by atoms with E-state index in [1.54, 1.807) is 0 Å². The number of aromatic nitrogens is 1. The summed E-state index contributed by atoms with van der Waals surface area (Å²) in [6.45, 7) is 9.85. The van der Waals surface area contributed by atoms with Gasteiger partial charge in [-0.05, 0) is 5.92 Å². The first-order valence-corrected chi connectivity index (χ1v) is 5.33. The van der Waals surface area contributed by atoms with Gasteiger partial charge in [-0.3, -0.25) is 4.98 Å². The minimum Gasteiger partial charge on any atom is -0.255 e. The molecule has 0 saturated carbocycles. The van der Waals surface area contributed by atoms with Gasteiger partial charge in [0.15, 0.2) is 0 Å². The zero-order chi connectivity index (χ0) is 12.0. The Balaban J connectivity index is 0.000000921. The van der Waals surface area contributed by atoms with E-state index >= 15 is 0 Å². The van der Waals surface area contributed by atoms with Crippen LogP contribution in [0.15, 0.2) is 12.3 Å². The van der Waals surface area contributed by atoms with Crippen LogP contribution < -0.4 is 0 Å². The quantitative estimate of drug-likeness (QED) is 0.722. The number of nitrogens with zero attached hydrogens (tertiary/aromatic N) is 1. The highest BCUT2D eigenvalue weighted by atomic mass is 19.1. The molecule has 0 aliphatic carbocycles. The number of halogens is 2. The number of rotatable bonds is 2. The highest BCUT2D eigenvalue weighted by Crippen LogP contribution is 2.23. The second-order valence-electron chi connectivity index (χ2n) is 3.55. The molecule has 1 nitrogen and oxygen atoms in total. The largest absolute Gasteiger partial charge is 0.255 e. The van der Waals surface area contributed by atoms with Gasteiger partial charge in [0.25, 0.3) is 0 Å². The molecule has 3 heteroatoms. The Morgan fingerprint density at radius 3 is 2.07 bits per heavy atom. The zero-order valence-electron chi connectivity index (χ0n) is 10.0. The summed E-state index contributed by atoms with van der Waals surface area (Å²) in [6, 6.07) is 0.876. The lowest BCUT2D eigenvalue weighted by molar-refractivity contribution is 0.478. The number of pyridine rings is 1. The predicted molar refractivity (Wildman–Crippen MR) is 58.8 cm³/mol. The van der Waals surface area contributed by atoms with Crippen molar-refractivity contribution in [2.24, 2.45) is 5.92 Å². The highest BCUT2D eigenvalue weighted by molar-refractivity contribution is 5.13. The minimum absolute atomic E-state index is 0.0144. The van der Waals surface area contributed by atoms with Crippen molar-refractivity contribution in [1.82, 2.24) is 4.98 Å². The summed E-state index contributed by atoms with van der Waals surface area (Å²) in [4.78, 5) is 3.75. The normalized spacial score (nSPS) is 12.0. The maximum atomic E-state index is 13.2. The Labute approximate surface area is 90.5 Å². The molecule has 0 radical (unpaired) electrons. The highest BCUT2D eigenvalue weighted by Gasteiger charge is 2.16. The van der Waals surface area contributed by atoms with Crippen molar-refractivity contribution in [3.05, 3.63) is 29.6 Å². The van der Waals surface area contributed by atoms with Crippen LogP contribution in [-0.2, 0) is 0 Å². The molecule has 0 aliphatic rings. The van der Waals surface area contributed by atoms with E-state index < -0.39 is 11.6 Å². The molecule has 0 fully saturated rings. The summed E-state index contributed by atoms with van der Waals surface area (Å²) < 4.78 is 25.7. The van der Waals surface area contributed by atoms with Gasteiger partial charge in [0.2, 0.25) is 0 Å². The van der Waals surface area contributed by atoms with Crippen LogP contribution in [0.1, 0.15) is 46.2 Å². The first-order valence-electron chi connectivity index (χ1n) is 5.33. The molecule has 1 aromatic heterocycles. The van der Waals surface area contributed by atoms with Crippen LogP contribution in [0.5, 0.6) is 0 Å². The Morgan fingerprint density at radius 2 is 1.67 bits per heavy atom. The fourth-order valence-corrected chi connectivity index (χ4v) is 1.08. The molecule has 0 amide bonds. The van der Waals surface area contributed by atoms with Crippen LogP contribution in [0.3, 0.4) is 0 Å². The third-order valence-corrected chi connectivity index (χ3v) is 2.27. The fourth-order valence-electron chi connectivity index (χ4n) is 1.08. The van der Waals surface area contributed by atoms with E-state index in [9.17, 15) is 8.78 Å².